The van der Waals surface area contributed by atoms with Gasteiger partial charge in [-0.1, -0.05) is 12.2 Å². The normalized spacial score (nSPS) is 18.6. The van der Waals surface area contributed by atoms with Crippen LogP contribution >= 0.6 is 12.2 Å². The minimum absolute atomic E-state index is 0.169. The second kappa shape index (κ2) is 12.8. The van der Waals surface area contributed by atoms with Crippen molar-refractivity contribution in [2.75, 3.05) is 18.4 Å². The van der Waals surface area contributed by atoms with Crippen LogP contribution in [0.5, 0.6) is 0 Å². The minimum Gasteiger partial charge on any atom is -0.389 e. The van der Waals surface area contributed by atoms with Crippen LogP contribution in [0.1, 0.15) is 65.0 Å². The van der Waals surface area contributed by atoms with Gasteiger partial charge in [0.05, 0.1) is 21.7 Å². The number of anilines is 1. The zero-order valence-electron chi connectivity index (χ0n) is 22.7. The van der Waals surface area contributed by atoms with Crippen molar-refractivity contribution in [1.82, 2.24) is 15.2 Å². The predicted octanol–water partition coefficient (Wildman–Crippen LogP) is 4.30. The molecule has 2 heterocycles. The Hall–Kier alpha value is -2.81. The van der Waals surface area contributed by atoms with E-state index >= 15 is 0 Å². The number of piperidine rings is 1. The molecule has 1 aromatic heterocycles. The number of hydrogen-bond acceptors (Lipinski definition) is 7. The molecule has 0 aromatic carbocycles. The van der Waals surface area contributed by atoms with Gasteiger partial charge in [0.25, 0.3) is 11.8 Å². The van der Waals surface area contributed by atoms with Gasteiger partial charge in [-0.3, -0.25) is 14.6 Å². The number of alkyl halides is 6. The van der Waals surface area contributed by atoms with Crippen molar-refractivity contribution in [3.05, 3.63) is 23.4 Å². The molecule has 2 rings (SSSR count). The molecule has 3 atom stereocenters. The first-order valence-corrected chi connectivity index (χ1v) is 12.9. The molecule has 40 heavy (non-hydrogen) atoms. The summed E-state index contributed by atoms with van der Waals surface area (Å²) in [6.07, 6.45) is -7.03. The van der Waals surface area contributed by atoms with E-state index in [-0.39, 0.29) is 18.3 Å². The maximum atomic E-state index is 14.1. The van der Waals surface area contributed by atoms with Gasteiger partial charge in [0, 0.05) is 30.9 Å². The molecule has 0 aliphatic carbocycles. The summed E-state index contributed by atoms with van der Waals surface area (Å²) in [5.41, 5.74) is -3.66. The summed E-state index contributed by atoms with van der Waals surface area (Å²) in [7, 11) is 0. The van der Waals surface area contributed by atoms with Crippen molar-refractivity contribution in [1.29, 1.82) is 0 Å². The quantitative estimate of drug-likeness (QED) is 0.170. The number of rotatable bonds is 9. The third-order valence-electron chi connectivity index (χ3n) is 6.23. The summed E-state index contributed by atoms with van der Waals surface area (Å²) < 4.78 is 81.1. The average molecular weight is 598 g/mol. The highest BCUT2D eigenvalue weighted by Crippen LogP contribution is 2.35. The van der Waals surface area contributed by atoms with Crippen LogP contribution in [0.2, 0.25) is 0 Å². The molecule has 1 aliphatic heterocycles. The molecule has 15 heteroatoms. The molecule has 2 amide bonds. The Labute approximate surface area is 233 Å². The van der Waals surface area contributed by atoms with E-state index in [0.717, 1.165) is 13.3 Å². The van der Waals surface area contributed by atoms with Crippen LogP contribution in [0.3, 0.4) is 0 Å². The molecule has 0 saturated carbocycles. The van der Waals surface area contributed by atoms with Gasteiger partial charge in [-0.05, 0) is 59.9 Å². The summed E-state index contributed by atoms with van der Waals surface area (Å²) in [5, 5.41) is 14.2. The van der Waals surface area contributed by atoms with E-state index in [2.05, 4.69) is 15.3 Å². The molecule has 1 fully saturated rings. The Kier molecular flexibility index (Phi) is 10.7. The lowest BCUT2D eigenvalue weighted by Gasteiger charge is -2.35. The van der Waals surface area contributed by atoms with E-state index in [1.54, 1.807) is 6.92 Å². The number of thiocarbonyl (C=S) groups is 1. The van der Waals surface area contributed by atoms with Crippen molar-refractivity contribution in [2.24, 2.45) is 4.99 Å². The second-order valence-corrected chi connectivity index (χ2v) is 10.8. The number of carbonyl (C=O) groups is 2. The zero-order valence-corrected chi connectivity index (χ0v) is 23.5. The molecule has 0 radical (unpaired) electrons. The Morgan fingerprint density at radius 2 is 1.85 bits per heavy atom. The van der Waals surface area contributed by atoms with Crippen molar-refractivity contribution < 1.29 is 41.0 Å². The molecule has 8 nitrogen and oxygen atoms in total. The molecular formula is C25H33F6N5O3S. The van der Waals surface area contributed by atoms with E-state index in [1.165, 1.54) is 25.7 Å². The number of aliphatic hydroxyl groups is 1. The summed E-state index contributed by atoms with van der Waals surface area (Å²) in [6, 6.07) is -3.79. The number of halogens is 6. The van der Waals surface area contributed by atoms with Crippen LogP contribution in [-0.2, 0) is 15.8 Å². The number of nitrogens with one attached hydrogen (secondary N) is 2. The lowest BCUT2D eigenvalue weighted by atomic mass is 9.97. The third kappa shape index (κ3) is 9.11. The van der Waals surface area contributed by atoms with Crippen LogP contribution < -0.4 is 10.6 Å². The molecule has 0 bridgehead atoms. The molecule has 1 aliphatic rings. The average Bonchev–Trinajstić information content (AvgIpc) is 2.83. The van der Waals surface area contributed by atoms with Gasteiger partial charge >= 0.3 is 12.4 Å². The Morgan fingerprint density at radius 1 is 1.23 bits per heavy atom. The van der Waals surface area contributed by atoms with E-state index in [0.29, 0.717) is 31.6 Å². The summed E-state index contributed by atoms with van der Waals surface area (Å²) in [6.45, 7) is 6.77. The van der Waals surface area contributed by atoms with Gasteiger partial charge in [0.2, 0.25) is 0 Å². The first-order chi connectivity index (χ1) is 18.2. The van der Waals surface area contributed by atoms with Crippen LogP contribution in [0.4, 0.5) is 32.2 Å². The topological polar surface area (TPSA) is 107 Å². The highest BCUT2D eigenvalue weighted by Gasteiger charge is 2.41. The third-order valence-corrected chi connectivity index (χ3v) is 6.67. The Balaban J connectivity index is 2.56. The largest absolute Gasteiger partial charge is 0.417 e. The number of aliphatic imine (C=N–C) groups is 1. The minimum atomic E-state index is -5.07. The summed E-state index contributed by atoms with van der Waals surface area (Å²) in [4.78, 5) is 34.8. The van der Waals surface area contributed by atoms with Crippen LogP contribution in [0, 0.1) is 0 Å². The molecule has 3 N–H and O–H groups in total. The Bertz CT molecular complexity index is 1130. The number of likely N-dealkylation sites (tertiary alicyclic amines) is 1. The molecule has 224 valence electrons. The van der Waals surface area contributed by atoms with E-state index in [4.69, 9.17) is 12.2 Å². The van der Waals surface area contributed by atoms with E-state index < -0.39 is 63.7 Å². The molecular weight excluding hydrogens is 564 g/mol. The Morgan fingerprint density at radius 3 is 2.38 bits per heavy atom. The van der Waals surface area contributed by atoms with Gasteiger partial charge < -0.3 is 20.6 Å². The first-order valence-electron chi connectivity index (χ1n) is 12.5. The van der Waals surface area contributed by atoms with Crippen molar-refractivity contribution in [2.45, 2.75) is 90.0 Å². The maximum Gasteiger partial charge on any atom is 0.417 e. The lowest BCUT2D eigenvalue weighted by Crippen LogP contribution is -2.49. The number of pyridine rings is 1. The molecule has 0 spiro atoms. The number of aromatic nitrogens is 1. The van der Waals surface area contributed by atoms with Crippen LogP contribution in [0.25, 0.3) is 0 Å². The predicted molar refractivity (Wildman–Crippen MR) is 141 cm³/mol. The smallest absolute Gasteiger partial charge is 0.389 e. The number of hydrogen-bond donors (Lipinski definition) is 3. The monoisotopic (exact) mass is 597 g/mol. The lowest BCUT2D eigenvalue weighted by molar-refractivity contribution is -0.138. The first kappa shape index (κ1) is 33.4. The van der Waals surface area contributed by atoms with Gasteiger partial charge in [0.1, 0.15) is 11.9 Å². The molecule has 2 unspecified atom stereocenters. The highest BCUT2D eigenvalue weighted by molar-refractivity contribution is 7.81. The van der Waals surface area contributed by atoms with Crippen molar-refractivity contribution in [3.63, 3.8) is 0 Å². The van der Waals surface area contributed by atoms with E-state index in [9.17, 15) is 41.0 Å². The van der Waals surface area contributed by atoms with Gasteiger partial charge in [-0.25, -0.2) is 4.98 Å². The van der Waals surface area contributed by atoms with Crippen LogP contribution in [0.15, 0.2) is 17.3 Å². The fourth-order valence-corrected chi connectivity index (χ4v) is 4.22. The van der Waals surface area contributed by atoms with Crippen molar-refractivity contribution >= 4 is 40.4 Å². The number of amides is 2. The molecule has 1 aromatic rings. The summed E-state index contributed by atoms with van der Waals surface area (Å²) in [5.74, 6) is -2.18. The fraction of sp³-hybridized carbons (Fsp3) is 0.640. The molecule has 1 saturated heterocycles. The maximum absolute atomic E-state index is 14.1. The van der Waals surface area contributed by atoms with Gasteiger partial charge in [0.15, 0.2) is 6.04 Å². The van der Waals surface area contributed by atoms with E-state index in [1.807, 2.05) is 5.32 Å². The SMILES string of the molecule is C/C(=N\C(C(=O)N1CCCC[C@@H]1C)C(=S)c1cnc(NC(C)C(F)(F)F)cc1C(F)(F)F)C(=O)NCC(C)(C)O. The van der Waals surface area contributed by atoms with Crippen LogP contribution in [-0.4, -0.2) is 80.4 Å². The standard InChI is InChI=1S/C25H33F6N5O3S/c1-13-8-6-7-9-36(13)22(38)19(34-14(2)21(37)33-12-23(4,5)39)20(40)16-11-32-18(10-17(16)25(29,30)31)35-15(3)24(26,27)28/h10-11,13,15,19,39H,6-9,12H2,1-5H3,(H,32,35)(H,33,37)/b34-14+/t13-,15?,19?/m0/s1. The fourth-order valence-electron chi connectivity index (χ4n) is 3.90. The highest BCUT2D eigenvalue weighted by atomic mass is 32.1. The van der Waals surface area contributed by atoms with Crippen molar-refractivity contribution in [3.8, 4) is 0 Å². The zero-order chi connectivity index (χ0) is 30.6. The van der Waals surface area contributed by atoms with Gasteiger partial charge in [-0.15, -0.1) is 0 Å². The van der Waals surface area contributed by atoms with Gasteiger partial charge in [-0.2, -0.15) is 26.3 Å². The summed E-state index contributed by atoms with van der Waals surface area (Å²) >= 11 is 5.34. The number of carbonyl (C=O) groups excluding carboxylic acids is 2. The number of nitrogens with zero attached hydrogens (tertiary/aromatic N) is 3. The second-order valence-electron chi connectivity index (χ2n) is 10.4.